The lowest BCUT2D eigenvalue weighted by Gasteiger charge is -2.18. The normalized spacial score (nSPS) is 11.1. The van der Waals surface area contributed by atoms with E-state index in [4.69, 9.17) is 26.1 Å². The summed E-state index contributed by atoms with van der Waals surface area (Å²) in [7, 11) is 3.05. The Labute approximate surface area is 249 Å². The van der Waals surface area contributed by atoms with Gasteiger partial charge in [0.1, 0.15) is 23.0 Å². The molecule has 4 rings (SSSR count). The number of hydrogen-bond acceptors (Lipinski definition) is 9. The summed E-state index contributed by atoms with van der Waals surface area (Å²) in [5, 5.41) is 6.92. The first-order valence-corrected chi connectivity index (χ1v) is 14.2. The summed E-state index contributed by atoms with van der Waals surface area (Å²) in [6.45, 7) is 9.42. The lowest BCUT2D eigenvalue weighted by molar-refractivity contribution is -0.114. The fourth-order valence-corrected chi connectivity index (χ4v) is 4.90. The van der Waals surface area contributed by atoms with Crippen molar-refractivity contribution in [3.05, 3.63) is 63.7 Å². The molecule has 42 heavy (non-hydrogen) atoms. The van der Waals surface area contributed by atoms with Crippen molar-refractivity contribution < 1.29 is 14.3 Å². The highest BCUT2D eigenvalue weighted by molar-refractivity contribution is 6.35. The number of likely N-dealkylation sites (N-methyl/N-ethyl adjacent to an activating group) is 1. The number of rotatable bonds is 13. The van der Waals surface area contributed by atoms with Gasteiger partial charge in [-0.15, -0.1) is 0 Å². The van der Waals surface area contributed by atoms with Crippen LogP contribution in [0.5, 0.6) is 11.5 Å². The number of halogens is 1. The molecule has 11 nitrogen and oxygen atoms in total. The first-order valence-electron chi connectivity index (χ1n) is 13.8. The molecule has 0 aliphatic rings. The number of carbonyl (C=O) groups is 1. The van der Waals surface area contributed by atoms with Crippen molar-refractivity contribution in [2.75, 3.05) is 51.0 Å². The molecule has 0 atom stereocenters. The van der Waals surface area contributed by atoms with Crippen molar-refractivity contribution in [2.45, 2.75) is 33.7 Å². The standard InChI is InChI=1S/C30H36ClN7O4/c1-6-37(7-2)13-11-32-30-34-18-21-14-24(23-15-22(41-4)16-25(42-5)27(23)31)29(40)38(28(21)36-30)12-10-20-8-9-26(33-17-20)35-19(3)39/h8-9,14-18H,6-7,10-13H2,1-5H3,(H,32,34,36)(H,33,35,39). The quantitative estimate of drug-likeness (QED) is 0.231. The molecule has 3 aromatic heterocycles. The smallest absolute Gasteiger partial charge is 0.260 e. The molecule has 0 fully saturated rings. The van der Waals surface area contributed by atoms with Crippen molar-refractivity contribution in [1.82, 2.24) is 24.4 Å². The molecule has 0 aliphatic heterocycles. The molecule has 1 amide bonds. The Bertz CT molecular complexity index is 1600. The van der Waals surface area contributed by atoms with Gasteiger partial charge in [-0.3, -0.25) is 14.2 Å². The fraction of sp³-hybridized carbons (Fsp3) is 0.367. The lowest BCUT2D eigenvalue weighted by atomic mass is 10.0. The van der Waals surface area contributed by atoms with Gasteiger partial charge in [0.25, 0.3) is 5.56 Å². The van der Waals surface area contributed by atoms with E-state index < -0.39 is 0 Å². The molecule has 0 bridgehead atoms. The van der Waals surface area contributed by atoms with Gasteiger partial charge in [0.15, 0.2) is 0 Å². The molecule has 0 unspecified atom stereocenters. The number of aromatic nitrogens is 4. The topological polar surface area (TPSA) is 124 Å². The number of nitrogens with one attached hydrogen (secondary N) is 2. The van der Waals surface area contributed by atoms with Crippen LogP contribution in [0.4, 0.5) is 11.8 Å². The van der Waals surface area contributed by atoms with Crippen molar-refractivity contribution in [3.63, 3.8) is 0 Å². The maximum absolute atomic E-state index is 14.1. The minimum atomic E-state index is -0.268. The molecule has 2 N–H and O–H groups in total. The molecule has 4 aromatic rings. The number of fused-ring (bicyclic) bond motifs is 1. The number of hydrogen-bond donors (Lipinski definition) is 2. The van der Waals surface area contributed by atoms with Crippen molar-refractivity contribution in [3.8, 4) is 22.6 Å². The first-order chi connectivity index (χ1) is 20.3. The van der Waals surface area contributed by atoms with E-state index in [0.717, 1.165) is 25.2 Å². The SMILES string of the molecule is CCN(CC)CCNc1ncc2cc(-c3cc(OC)cc(OC)c3Cl)c(=O)n(CCc3ccc(NC(C)=O)nc3)c2n1. The lowest BCUT2D eigenvalue weighted by Crippen LogP contribution is -2.29. The second-order valence-corrected chi connectivity index (χ2v) is 9.99. The van der Waals surface area contributed by atoms with Gasteiger partial charge in [0.2, 0.25) is 11.9 Å². The summed E-state index contributed by atoms with van der Waals surface area (Å²) in [6.07, 6.45) is 3.88. The number of aryl methyl sites for hydroxylation is 2. The van der Waals surface area contributed by atoms with Crippen LogP contribution in [-0.2, 0) is 17.8 Å². The molecule has 0 saturated heterocycles. The van der Waals surface area contributed by atoms with E-state index in [0.29, 0.717) is 70.0 Å². The van der Waals surface area contributed by atoms with Crippen LogP contribution >= 0.6 is 11.6 Å². The Morgan fingerprint density at radius 3 is 2.48 bits per heavy atom. The number of amides is 1. The number of anilines is 2. The molecule has 0 radical (unpaired) electrons. The maximum atomic E-state index is 14.1. The highest BCUT2D eigenvalue weighted by atomic mass is 35.5. The molecule has 0 saturated carbocycles. The Morgan fingerprint density at radius 2 is 1.83 bits per heavy atom. The van der Waals surface area contributed by atoms with Gasteiger partial charge in [-0.25, -0.2) is 9.97 Å². The molecule has 0 aliphatic carbocycles. The van der Waals surface area contributed by atoms with E-state index in [1.165, 1.54) is 14.0 Å². The zero-order valence-electron chi connectivity index (χ0n) is 24.5. The highest BCUT2D eigenvalue weighted by Gasteiger charge is 2.19. The fourth-order valence-electron chi connectivity index (χ4n) is 4.61. The van der Waals surface area contributed by atoms with Crippen LogP contribution in [0.1, 0.15) is 26.3 Å². The third-order valence-electron chi connectivity index (χ3n) is 6.94. The Morgan fingerprint density at radius 1 is 1.05 bits per heavy atom. The zero-order chi connectivity index (χ0) is 30.2. The summed E-state index contributed by atoms with van der Waals surface area (Å²) in [5.74, 6) is 1.61. The second-order valence-electron chi connectivity index (χ2n) is 9.62. The van der Waals surface area contributed by atoms with E-state index in [2.05, 4.69) is 39.3 Å². The number of pyridine rings is 2. The molecule has 222 valence electrons. The van der Waals surface area contributed by atoms with Crippen LogP contribution in [-0.4, -0.2) is 70.7 Å². The minimum absolute atomic E-state index is 0.195. The predicted octanol–water partition coefficient (Wildman–Crippen LogP) is 4.48. The van der Waals surface area contributed by atoms with Crippen molar-refractivity contribution in [2.24, 2.45) is 0 Å². The number of benzene rings is 1. The van der Waals surface area contributed by atoms with Crippen LogP contribution in [0.15, 0.2) is 47.5 Å². The molecule has 0 spiro atoms. The number of ether oxygens (including phenoxy) is 2. The molecule has 1 aromatic carbocycles. The largest absolute Gasteiger partial charge is 0.497 e. The Hall–Kier alpha value is -4.22. The summed E-state index contributed by atoms with van der Waals surface area (Å²) < 4.78 is 12.5. The highest BCUT2D eigenvalue weighted by Crippen LogP contribution is 2.38. The molecule has 12 heteroatoms. The van der Waals surface area contributed by atoms with E-state index in [1.54, 1.807) is 48.3 Å². The summed E-state index contributed by atoms with van der Waals surface area (Å²) >= 11 is 6.69. The van der Waals surface area contributed by atoms with E-state index in [-0.39, 0.29) is 11.5 Å². The van der Waals surface area contributed by atoms with Crippen LogP contribution in [0.2, 0.25) is 5.02 Å². The van der Waals surface area contributed by atoms with Crippen molar-refractivity contribution >= 4 is 40.3 Å². The summed E-state index contributed by atoms with van der Waals surface area (Å²) in [6, 6.07) is 8.73. The number of methoxy groups -OCH3 is 2. The average Bonchev–Trinajstić information content (AvgIpc) is 2.99. The first kappa shape index (κ1) is 30.7. The van der Waals surface area contributed by atoms with Crippen LogP contribution < -0.4 is 25.7 Å². The second kappa shape index (κ2) is 14.1. The van der Waals surface area contributed by atoms with Crippen molar-refractivity contribution in [1.29, 1.82) is 0 Å². The minimum Gasteiger partial charge on any atom is -0.497 e. The maximum Gasteiger partial charge on any atom is 0.260 e. The van der Waals surface area contributed by atoms with Gasteiger partial charge in [-0.2, -0.15) is 4.98 Å². The van der Waals surface area contributed by atoms with E-state index >= 15 is 0 Å². The molecular weight excluding hydrogens is 558 g/mol. The van der Waals surface area contributed by atoms with Crippen LogP contribution in [0.3, 0.4) is 0 Å². The van der Waals surface area contributed by atoms with Gasteiger partial charge in [-0.05, 0) is 43.3 Å². The Balaban J connectivity index is 1.76. The Kier molecular flexibility index (Phi) is 10.3. The number of nitrogens with zero attached hydrogens (tertiary/aromatic N) is 5. The van der Waals surface area contributed by atoms with Gasteiger partial charge in [-0.1, -0.05) is 31.5 Å². The zero-order valence-corrected chi connectivity index (χ0v) is 25.3. The third-order valence-corrected chi connectivity index (χ3v) is 7.33. The monoisotopic (exact) mass is 593 g/mol. The third kappa shape index (κ3) is 7.15. The van der Waals surface area contributed by atoms with E-state index in [9.17, 15) is 9.59 Å². The molecular formula is C30H36ClN7O4. The van der Waals surface area contributed by atoms with Gasteiger partial charge >= 0.3 is 0 Å². The summed E-state index contributed by atoms with van der Waals surface area (Å²) in [4.78, 5) is 41.3. The average molecular weight is 594 g/mol. The predicted molar refractivity (Wildman–Crippen MR) is 166 cm³/mol. The van der Waals surface area contributed by atoms with E-state index in [1.807, 2.05) is 6.07 Å². The summed E-state index contributed by atoms with van der Waals surface area (Å²) in [5.41, 5.74) is 1.97. The van der Waals surface area contributed by atoms with Gasteiger partial charge < -0.3 is 25.0 Å². The number of carbonyl (C=O) groups excluding carboxylic acids is 1. The van der Waals surface area contributed by atoms with Crippen LogP contribution in [0, 0.1) is 0 Å². The van der Waals surface area contributed by atoms with Gasteiger partial charge in [0.05, 0.1) is 19.2 Å². The van der Waals surface area contributed by atoms with Gasteiger partial charge in [0, 0.05) is 61.5 Å². The van der Waals surface area contributed by atoms with Crippen LogP contribution in [0.25, 0.3) is 22.2 Å². The molecule has 3 heterocycles.